The molecule has 0 saturated heterocycles. The standard InChI is InChI=1S/C19H21NO3S/c1-3-22-18-10-14-9-13(2)23-17(14)11-16(18)20-19(21)12-24-15-7-5-4-6-8-15/h4-8,10-11,13H,3,9,12H2,1-2H3,(H,20,21)/t13-/m0/s1. The molecule has 1 N–H and O–H groups in total. The molecule has 0 spiro atoms. The van der Waals surface area contributed by atoms with Crippen molar-refractivity contribution in [3.8, 4) is 11.5 Å². The Morgan fingerprint density at radius 2 is 2.12 bits per heavy atom. The lowest BCUT2D eigenvalue weighted by molar-refractivity contribution is -0.113. The number of hydrogen-bond acceptors (Lipinski definition) is 4. The highest BCUT2D eigenvalue weighted by atomic mass is 32.2. The Morgan fingerprint density at radius 3 is 2.88 bits per heavy atom. The van der Waals surface area contributed by atoms with E-state index in [1.807, 2.05) is 56.3 Å². The van der Waals surface area contributed by atoms with Crippen molar-refractivity contribution < 1.29 is 14.3 Å². The number of benzene rings is 2. The van der Waals surface area contributed by atoms with Crippen molar-refractivity contribution >= 4 is 23.4 Å². The van der Waals surface area contributed by atoms with Gasteiger partial charge >= 0.3 is 0 Å². The molecule has 24 heavy (non-hydrogen) atoms. The van der Waals surface area contributed by atoms with Crippen molar-refractivity contribution in [2.45, 2.75) is 31.3 Å². The summed E-state index contributed by atoms with van der Waals surface area (Å²) in [4.78, 5) is 13.4. The Morgan fingerprint density at radius 1 is 1.33 bits per heavy atom. The second-order valence-corrected chi connectivity index (χ2v) is 6.72. The second-order valence-electron chi connectivity index (χ2n) is 5.67. The van der Waals surface area contributed by atoms with Crippen molar-refractivity contribution in [1.29, 1.82) is 0 Å². The summed E-state index contributed by atoms with van der Waals surface area (Å²) in [7, 11) is 0. The SMILES string of the molecule is CCOc1cc2c(cc1NC(=O)CSc1ccccc1)O[C@@H](C)C2. The molecule has 1 aliphatic heterocycles. The zero-order valence-electron chi connectivity index (χ0n) is 13.9. The number of nitrogens with one attached hydrogen (secondary N) is 1. The van der Waals surface area contributed by atoms with Crippen LogP contribution in [0.1, 0.15) is 19.4 Å². The van der Waals surface area contributed by atoms with Crippen LogP contribution in [-0.4, -0.2) is 24.4 Å². The van der Waals surface area contributed by atoms with Crippen LogP contribution in [0.2, 0.25) is 0 Å². The molecule has 2 aromatic rings. The van der Waals surface area contributed by atoms with Crippen molar-refractivity contribution in [3.05, 3.63) is 48.0 Å². The van der Waals surface area contributed by atoms with Crippen molar-refractivity contribution in [3.63, 3.8) is 0 Å². The van der Waals surface area contributed by atoms with Gasteiger partial charge in [0.2, 0.25) is 5.91 Å². The van der Waals surface area contributed by atoms with E-state index in [2.05, 4.69) is 5.32 Å². The van der Waals surface area contributed by atoms with Gasteiger partial charge < -0.3 is 14.8 Å². The Kier molecular flexibility index (Phi) is 5.30. The van der Waals surface area contributed by atoms with E-state index < -0.39 is 0 Å². The second kappa shape index (κ2) is 7.62. The predicted octanol–water partition coefficient (Wildman–Crippen LogP) is 4.14. The normalized spacial score (nSPS) is 15.5. The van der Waals surface area contributed by atoms with E-state index in [0.717, 1.165) is 22.6 Å². The molecule has 5 heteroatoms. The van der Waals surface area contributed by atoms with Crippen LogP contribution in [0, 0.1) is 0 Å². The topological polar surface area (TPSA) is 47.6 Å². The van der Waals surface area contributed by atoms with Crippen LogP contribution in [0.3, 0.4) is 0 Å². The molecule has 1 aliphatic rings. The summed E-state index contributed by atoms with van der Waals surface area (Å²) >= 11 is 1.51. The van der Waals surface area contributed by atoms with Crippen LogP contribution >= 0.6 is 11.8 Å². The first-order chi connectivity index (χ1) is 11.7. The number of carbonyl (C=O) groups is 1. The van der Waals surface area contributed by atoms with Crippen LogP contribution in [0.15, 0.2) is 47.4 Å². The number of ether oxygens (including phenoxy) is 2. The van der Waals surface area contributed by atoms with E-state index in [9.17, 15) is 4.79 Å². The van der Waals surface area contributed by atoms with Crippen molar-refractivity contribution in [2.24, 2.45) is 0 Å². The maximum absolute atomic E-state index is 12.3. The van der Waals surface area contributed by atoms with Gasteiger partial charge in [-0.15, -0.1) is 11.8 Å². The van der Waals surface area contributed by atoms with Crippen LogP contribution in [0.25, 0.3) is 0 Å². The fourth-order valence-corrected chi connectivity index (χ4v) is 3.38. The van der Waals surface area contributed by atoms with Gasteiger partial charge in [0.05, 0.1) is 18.0 Å². The fraction of sp³-hybridized carbons (Fsp3) is 0.316. The maximum Gasteiger partial charge on any atom is 0.234 e. The first-order valence-corrected chi connectivity index (χ1v) is 9.08. The lowest BCUT2D eigenvalue weighted by Crippen LogP contribution is -2.15. The summed E-state index contributed by atoms with van der Waals surface area (Å²) in [6, 6.07) is 13.7. The quantitative estimate of drug-likeness (QED) is 0.801. The highest BCUT2D eigenvalue weighted by Gasteiger charge is 2.22. The van der Waals surface area contributed by atoms with E-state index in [0.29, 0.717) is 23.8 Å². The molecule has 0 aliphatic carbocycles. The molecular formula is C19H21NO3S. The number of rotatable bonds is 6. The molecule has 0 bridgehead atoms. The van der Waals surface area contributed by atoms with Crippen LogP contribution < -0.4 is 14.8 Å². The van der Waals surface area contributed by atoms with Crippen LogP contribution in [0.4, 0.5) is 5.69 Å². The lowest BCUT2D eigenvalue weighted by atomic mass is 10.1. The molecule has 1 amide bonds. The van der Waals surface area contributed by atoms with E-state index in [1.54, 1.807) is 0 Å². The van der Waals surface area contributed by atoms with Gasteiger partial charge in [-0.1, -0.05) is 18.2 Å². The molecule has 1 heterocycles. The number of thioether (sulfide) groups is 1. The number of amides is 1. The fourth-order valence-electron chi connectivity index (χ4n) is 2.66. The largest absolute Gasteiger partial charge is 0.492 e. The van der Waals surface area contributed by atoms with Gasteiger partial charge in [-0.05, 0) is 32.0 Å². The Bertz CT molecular complexity index is 718. The summed E-state index contributed by atoms with van der Waals surface area (Å²) in [6.07, 6.45) is 1.03. The average molecular weight is 343 g/mol. The zero-order chi connectivity index (χ0) is 16.9. The highest BCUT2D eigenvalue weighted by Crippen LogP contribution is 2.38. The maximum atomic E-state index is 12.3. The third kappa shape index (κ3) is 4.03. The summed E-state index contributed by atoms with van der Waals surface area (Å²) < 4.78 is 11.5. The molecule has 0 aromatic heterocycles. The van der Waals surface area contributed by atoms with E-state index in [1.165, 1.54) is 11.8 Å². The summed E-state index contributed by atoms with van der Waals surface area (Å²) in [6.45, 7) is 4.52. The van der Waals surface area contributed by atoms with Crippen molar-refractivity contribution in [1.82, 2.24) is 0 Å². The van der Waals surface area contributed by atoms with Gasteiger partial charge in [-0.25, -0.2) is 0 Å². The smallest absolute Gasteiger partial charge is 0.234 e. The van der Waals surface area contributed by atoms with Gasteiger partial charge in [0.25, 0.3) is 0 Å². The number of carbonyl (C=O) groups excluding carboxylic acids is 1. The first-order valence-electron chi connectivity index (χ1n) is 8.09. The zero-order valence-corrected chi connectivity index (χ0v) is 14.7. The Labute approximate surface area is 146 Å². The average Bonchev–Trinajstić information content (AvgIpc) is 2.93. The van der Waals surface area contributed by atoms with E-state index in [4.69, 9.17) is 9.47 Å². The minimum atomic E-state index is -0.0594. The van der Waals surface area contributed by atoms with E-state index in [-0.39, 0.29) is 12.0 Å². The minimum absolute atomic E-state index is 0.0594. The molecule has 0 saturated carbocycles. The van der Waals surface area contributed by atoms with Crippen molar-refractivity contribution in [2.75, 3.05) is 17.7 Å². The number of anilines is 1. The van der Waals surface area contributed by atoms with Gasteiger partial charge in [0.15, 0.2) is 0 Å². The van der Waals surface area contributed by atoms with Crippen LogP contribution in [-0.2, 0) is 11.2 Å². The molecule has 1 atom stereocenters. The summed E-state index contributed by atoms with van der Waals surface area (Å²) in [5.74, 6) is 1.82. The third-order valence-electron chi connectivity index (χ3n) is 3.69. The lowest BCUT2D eigenvalue weighted by Gasteiger charge is -2.13. The number of hydrogen-bond donors (Lipinski definition) is 1. The first kappa shape index (κ1) is 16.7. The molecule has 126 valence electrons. The molecule has 4 nitrogen and oxygen atoms in total. The highest BCUT2D eigenvalue weighted by molar-refractivity contribution is 8.00. The Balaban J connectivity index is 1.69. The van der Waals surface area contributed by atoms with Gasteiger partial charge in [0.1, 0.15) is 17.6 Å². The van der Waals surface area contributed by atoms with Crippen LogP contribution in [0.5, 0.6) is 11.5 Å². The molecule has 0 radical (unpaired) electrons. The van der Waals surface area contributed by atoms with Gasteiger partial charge in [-0.3, -0.25) is 4.79 Å². The minimum Gasteiger partial charge on any atom is -0.492 e. The Hall–Kier alpha value is -2.14. The number of fused-ring (bicyclic) bond motifs is 1. The summed E-state index contributed by atoms with van der Waals surface area (Å²) in [5.41, 5.74) is 1.80. The van der Waals surface area contributed by atoms with Gasteiger partial charge in [-0.2, -0.15) is 0 Å². The molecule has 0 unspecified atom stereocenters. The van der Waals surface area contributed by atoms with Gasteiger partial charge in [0, 0.05) is 22.9 Å². The molecule has 2 aromatic carbocycles. The predicted molar refractivity (Wildman–Crippen MR) is 97.2 cm³/mol. The monoisotopic (exact) mass is 343 g/mol. The molecule has 0 fully saturated rings. The molecule has 3 rings (SSSR count). The summed E-state index contributed by atoms with van der Waals surface area (Å²) in [5, 5.41) is 2.95. The third-order valence-corrected chi connectivity index (χ3v) is 4.70. The molecular weight excluding hydrogens is 322 g/mol. The van der Waals surface area contributed by atoms with E-state index >= 15 is 0 Å².